The molecule has 5 nitrogen and oxygen atoms in total. The van der Waals surface area contributed by atoms with Crippen LogP contribution >= 0.6 is 0 Å². The van der Waals surface area contributed by atoms with Crippen LogP contribution in [-0.2, 0) is 4.79 Å². The summed E-state index contributed by atoms with van der Waals surface area (Å²) in [4.78, 5) is 14.0. The first-order valence-corrected chi connectivity index (χ1v) is 6.47. The van der Waals surface area contributed by atoms with Gasteiger partial charge in [0.15, 0.2) is 0 Å². The van der Waals surface area contributed by atoms with E-state index in [4.69, 9.17) is 10.2 Å². The summed E-state index contributed by atoms with van der Waals surface area (Å²) in [6.45, 7) is 5.87. The van der Waals surface area contributed by atoms with Gasteiger partial charge in [-0.2, -0.15) is 0 Å². The first-order chi connectivity index (χ1) is 8.67. The molecule has 1 saturated heterocycles. The molecule has 2 heterocycles. The summed E-state index contributed by atoms with van der Waals surface area (Å²) in [5.74, 6) is 1.81. The van der Waals surface area contributed by atoms with Crippen LogP contribution in [0.15, 0.2) is 16.5 Å². The van der Waals surface area contributed by atoms with Crippen molar-refractivity contribution in [1.82, 2.24) is 10.2 Å². The fraction of sp³-hybridized carbons (Fsp3) is 0.615. The molecule has 0 saturated carbocycles. The van der Waals surface area contributed by atoms with Crippen molar-refractivity contribution in [3.8, 4) is 0 Å². The van der Waals surface area contributed by atoms with Crippen molar-refractivity contribution in [2.24, 2.45) is 5.73 Å². The second-order valence-corrected chi connectivity index (χ2v) is 4.65. The Labute approximate surface area is 107 Å². The molecule has 2 unspecified atom stereocenters. The van der Waals surface area contributed by atoms with Gasteiger partial charge in [0.1, 0.15) is 11.5 Å². The van der Waals surface area contributed by atoms with Crippen molar-refractivity contribution in [2.45, 2.75) is 32.4 Å². The highest BCUT2D eigenvalue weighted by Crippen LogP contribution is 2.26. The molecular weight excluding hydrogens is 230 g/mol. The third kappa shape index (κ3) is 2.42. The molecule has 5 heteroatoms. The summed E-state index contributed by atoms with van der Waals surface area (Å²) in [7, 11) is 0. The zero-order chi connectivity index (χ0) is 13.1. The van der Waals surface area contributed by atoms with Crippen LogP contribution in [0.3, 0.4) is 0 Å². The molecular formula is C13H21N3O2. The van der Waals surface area contributed by atoms with Crippen molar-refractivity contribution in [1.29, 1.82) is 0 Å². The van der Waals surface area contributed by atoms with Gasteiger partial charge in [0.2, 0.25) is 5.91 Å². The number of nitrogens with two attached hydrogens (primary N) is 1. The Hall–Kier alpha value is -1.33. The van der Waals surface area contributed by atoms with Gasteiger partial charge in [-0.1, -0.05) is 6.92 Å². The van der Waals surface area contributed by atoms with Crippen molar-refractivity contribution in [2.75, 3.05) is 19.6 Å². The summed E-state index contributed by atoms with van der Waals surface area (Å²) in [6.07, 6.45) is 0.780. The van der Waals surface area contributed by atoms with Gasteiger partial charge in [0, 0.05) is 19.6 Å². The number of hydrogen-bond acceptors (Lipinski definition) is 4. The third-order valence-corrected chi connectivity index (χ3v) is 3.47. The molecule has 1 aliphatic heterocycles. The van der Waals surface area contributed by atoms with Crippen LogP contribution < -0.4 is 11.1 Å². The smallest absolute Gasteiger partial charge is 0.237 e. The summed E-state index contributed by atoms with van der Waals surface area (Å²) < 4.78 is 5.66. The van der Waals surface area contributed by atoms with Crippen LogP contribution in [0, 0.1) is 6.92 Å². The van der Waals surface area contributed by atoms with Gasteiger partial charge < -0.3 is 15.5 Å². The molecule has 0 aromatic carbocycles. The number of nitrogens with one attached hydrogen (secondary N) is 1. The van der Waals surface area contributed by atoms with Gasteiger partial charge in [-0.15, -0.1) is 0 Å². The van der Waals surface area contributed by atoms with E-state index in [1.165, 1.54) is 0 Å². The van der Waals surface area contributed by atoms with Gasteiger partial charge in [-0.25, -0.2) is 0 Å². The molecule has 1 aromatic rings. The Morgan fingerprint density at radius 2 is 2.39 bits per heavy atom. The largest absolute Gasteiger partial charge is 0.465 e. The molecule has 0 bridgehead atoms. The van der Waals surface area contributed by atoms with Crippen LogP contribution in [0.1, 0.15) is 30.9 Å². The molecule has 18 heavy (non-hydrogen) atoms. The third-order valence-electron chi connectivity index (χ3n) is 3.47. The highest BCUT2D eigenvalue weighted by molar-refractivity contribution is 5.82. The minimum atomic E-state index is -0.113. The topological polar surface area (TPSA) is 71.5 Å². The van der Waals surface area contributed by atoms with Crippen molar-refractivity contribution >= 4 is 5.91 Å². The van der Waals surface area contributed by atoms with Crippen LogP contribution in [0.2, 0.25) is 0 Å². The van der Waals surface area contributed by atoms with E-state index in [0.717, 1.165) is 24.5 Å². The summed E-state index contributed by atoms with van der Waals surface area (Å²) in [5.41, 5.74) is 5.87. The van der Waals surface area contributed by atoms with E-state index in [-0.39, 0.29) is 18.0 Å². The van der Waals surface area contributed by atoms with E-state index in [2.05, 4.69) is 10.2 Å². The highest BCUT2D eigenvalue weighted by atomic mass is 16.3. The number of carbonyl (C=O) groups is 1. The van der Waals surface area contributed by atoms with E-state index in [1.807, 2.05) is 26.0 Å². The molecule has 1 fully saturated rings. The molecule has 1 aromatic heterocycles. The molecule has 1 amide bonds. The molecule has 1 aliphatic rings. The zero-order valence-electron chi connectivity index (χ0n) is 11.0. The van der Waals surface area contributed by atoms with E-state index in [0.29, 0.717) is 13.1 Å². The standard InChI is InChI=1S/C13H21N3O2/c1-3-10-13(17)15-6-7-16(10)11(8-14)12-5-4-9(2)18-12/h4-5,10-11H,3,6-8,14H2,1-2H3,(H,15,17). The minimum Gasteiger partial charge on any atom is -0.465 e. The Balaban J connectivity index is 2.23. The number of carbonyl (C=O) groups excluding carboxylic acids is 1. The SMILES string of the molecule is CCC1C(=O)NCCN1C(CN)c1ccc(C)o1. The number of nitrogens with zero attached hydrogens (tertiary/aromatic N) is 1. The number of rotatable bonds is 4. The molecule has 2 rings (SSSR count). The summed E-state index contributed by atoms with van der Waals surface area (Å²) in [5, 5.41) is 2.90. The number of hydrogen-bond donors (Lipinski definition) is 2. The lowest BCUT2D eigenvalue weighted by Gasteiger charge is -2.38. The highest BCUT2D eigenvalue weighted by Gasteiger charge is 2.34. The second-order valence-electron chi connectivity index (χ2n) is 4.65. The van der Waals surface area contributed by atoms with Crippen LogP contribution in [0.25, 0.3) is 0 Å². The van der Waals surface area contributed by atoms with E-state index in [1.54, 1.807) is 0 Å². The number of aryl methyl sites for hydroxylation is 1. The first-order valence-electron chi connectivity index (χ1n) is 6.47. The Morgan fingerprint density at radius 3 is 2.94 bits per heavy atom. The van der Waals surface area contributed by atoms with Gasteiger partial charge in [-0.05, 0) is 25.5 Å². The Morgan fingerprint density at radius 1 is 1.61 bits per heavy atom. The van der Waals surface area contributed by atoms with Crippen LogP contribution in [-0.4, -0.2) is 36.5 Å². The number of amides is 1. The molecule has 0 aliphatic carbocycles. The maximum absolute atomic E-state index is 11.9. The average Bonchev–Trinajstić information content (AvgIpc) is 2.77. The lowest BCUT2D eigenvalue weighted by atomic mass is 10.0. The second kappa shape index (κ2) is 5.54. The lowest BCUT2D eigenvalue weighted by molar-refractivity contribution is -0.130. The molecule has 3 N–H and O–H groups in total. The van der Waals surface area contributed by atoms with Crippen molar-refractivity contribution in [3.05, 3.63) is 23.7 Å². The minimum absolute atomic E-state index is 0.0188. The summed E-state index contributed by atoms with van der Waals surface area (Å²) in [6, 6.07) is 3.75. The predicted octanol–water partition coefficient (Wildman–Crippen LogP) is 0.798. The summed E-state index contributed by atoms with van der Waals surface area (Å²) >= 11 is 0. The zero-order valence-corrected chi connectivity index (χ0v) is 11.0. The van der Waals surface area contributed by atoms with E-state index < -0.39 is 0 Å². The van der Waals surface area contributed by atoms with E-state index in [9.17, 15) is 4.79 Å². The monoisotopic (exact) mass is 251 g/mol. The fourth-order valence-electron chi connectivity index (χ4n) is 2.57. The fourth-order valence-corrected chi connectivity index (χ4v) is 2.57. The van der Waals surface area contributed by atoms with Gasteiger partial charge in [0.25, 0.3) is 0 Å². The lowest BCUT2D eigenvalue weighted by Crippen LogP contribution is -2.56. The molecule has 0 spiro atoms. The van der Waals surface area contributed by atoms with Crippen LogP contribution in [0.5, 0.6) is 0 Å². The molecule has 100 valence electrons. The van der Waals surface area contributed by atoms with Gasteiger partial charge in [-0.3, -0.25) is 9.69 Å². The Kier molecular flexibility index (Phi) is 4.04. The van der Waals surface area contributed by atoms with Crippen molar-refractivity contribution in [3.63, 3.8) is 0 Å². The van der Waals surface area contributed by atoms with E-state index >= 15 is 0 Å². The number of piperazine rings is 1. The van der Waals surface area contributed by atoms with Crippen molar-refractivity contribution < 1.29 is 9.21 Å². The average molecular weight is 251 g/mol. The first kappa shape index (κ1) is 13.1. The molecule has 0 radical (unpaired) electrons. The Bertz CT molecular complexity index is 416. The quantitative estimate of drug-likeness (QED) is 0.830. The predicted molar refractivity (Wildman–Crippen MR) is 69.0 cm³/mol. The van der Waals surface area contributed by atoms with Gasteiger partial charge >= 0.3 is 0 Å². The molecule has 2 atom stereocenters. The number of furan rings is 1. The maximum atomic E-state index is 11.9. The maximum Gasteiger partial charge on any atom is 0.237 e. The normalized spacial score (nSPS) is 22.8. The van der Waals surface area contributed by atoms with Gasteiger partial charge in [0.05, 0.1) is 12.1 Å². The van der Waals surface area contributed by atoms with Crippen LogP contribution in [0.4, 0.5) is 0 Å².